The van der Waals surface area contributed by atoms with Gasteiger partial charge in [-0.3, -0.25) is 4.79 Å². The fraction of sp³-hybridized carbons (Fsp3) is 0.500. The Hall–Kier alpha value is -1.55. The summed E-state index contributed by atoms with van der Waals surface area (Å²) >= 11 is 0. The summed E-state index contributed by atoms with van der Waals surface area (Å²) in [5, 5.41) is 0. The maximum Gasteiger partial charge on any atom is 0.306 e. The van der Waals surface area contributed by atoms with E-state index in [1.54, 1.807) is 7.11 Å². The molecular weight excluding hydrogens is 230 g/mol. The zero-order valence-corrected chi connectivity index (χ0v) is 11.0. The van der Waals surface area contributed by atoms with E-state index in [0.717, 1.165) is 12.0 Å². The van der Waals surface area contributed by atoms with Gasteiger partial charge in [0, 0.05) is 32.2 Å². The fourth-order valence-corrected chi connectivity index (χ4v) is 1.62. The van der Waals surface area contributed by atoms with Gasteiger partial charge in [-0.2, -0.15) is 0 Å². The van der Waals surface area contributed by atoms with E-state index in [0.29, 0.717) is 25.1 Å². The van der Waals surface area contributed by atoms with E-state index in [2.05, 4.69) is 0 Å². The second kappa shape index (κ2) is 7.71. The van der Waals surface area contributed by atoms with Crippen molar-refractivity contribution in [2.24, 2.45) is 0 Å². The monoisotopic (exact) mass is 251 g/mol. The van der Waals surface area contributed by atoms with E-state index in [-0.39, 0.29) is 12.1 Å². The van der Waals surface area contributed by atoms with Gasteiger partial charge < -0.3 is 15.2 Å². The highest BCUT2D eigenvalue weighted by atomic mass is 16.5. The highest BCUT2D eigenvalue weighted by molar-refractivity contribution is 5.70. The number of benzene rings is 1. The third kappa shape index (κ3) is 5.68. The SMILES string of the molecule is COCCC(C)OC(=O)CCc1cccc(N)c1. The standard InChI is InChI=1S/C14H21NO3/c1-11(8-9-17-2)18-14(16)7-6-12-4-3-5-13(15)10-12/h3-5,10-11H,6-9,15H2,1-2H3. The first-order valence-electron chi connectivity index (χ1n) is 6.14. The van der Waals surface area contributed by atoms with Crippen molar-refractivity contribution in [2.75, 3.05) is 19.5 Å². The first-order valence-corrected chi connectivity index (χ1v) is 6.14. The van der Waals surface area contributed by atoms with Crippen LogP contribution in [0, 0.1) is 0 Å². The maximum atomic E-state index is 11.6. The van der Waals surface area contributed by atoms with Gasteiger partial charge in [-0.05, 0) is 31.0 Å². The van der Waals surface area contributed by atoms with Crippen LogP contribution < -0.4 is 5.73 Å². The fourth-order valence-electron chi connectivity index (χ4n) is 1.62. The van der Waals surface area contributed by atoms with Gasteiger partial charge in [0.15, 0.2) is 0 Å². The number of methoxy groups -OCH3 is 1. The molecule has 2 N–H and O–H groups in total. The summed E-state index contributed by atoms with van der Waals surface area (Å²) in [7, 11) is 1.63. The lowest BCUT2D eigenvalue weighted by atomic mass is 10.1. The summed E-state index contributed by atoms with van der Waals surface area (Å²) in [4.78, 5) is 11.6. The number of ether oxygens (including phenoxy) is 2. The molecule has 0 aliphatic heterocycles. The van der Waals surface area contributed by atoms with E-state index in [1.165, 1.54) is 0 Å². The third-order valence-corrected chi connectivity index (χ3v) is 2.63. The Morgan fingerprint density at radius 1 is 1.44 bits per heavy atom. The van der Waals surface area contributed by atoms with Crippen molar-refractivity contribution in [2.45, 2.75) is 32.3 Å². The second-order valence-electron chi connectivity index (χ2n) is 4.33. The molecule has 0 bridgehead atoms. The molecule has 0 radical (unpaired) electrons. The van der Waals surface area contributed by atoms with Gasteiger partial charge in [0.1, 0.15) is 6.10 Å². The van der Waals surface area contributed by atoms with Crippen LogP contribution in [-0.2, 0) is 20.7 Å². The number of rotatable bonds is 7. The minimum absolute atomic E-state index is 0.0988. The Labute approximate surface area is 108 Å². The molecule has 1 aromatic carbocycles. The Balaban J connectivity index is 2.28. The molecule has 100 valence electrons. The lowest BCUT2D eigenvalue weighted by Gasteiger charge is -2.12. The summed E-state index contributed by atoms with van der Waals surface area (Å²) in [5.41, 5.74) is 7.44. The molecule has 0 aliphatic carbocycles. The van der Waals surface area contributed by atoms with Gasteiger partial charge in [0.05, 0.1) is 0 Å². The predicted octanol–water partition coefficient (Wildman–Crippen LogP) is 2.17. The molecule has 0 heterocycles. The summed E-state index contributed by atoms with van der Waals surface area (Å²) in [5.74, 6) is -0.180. The number of carbonyl (C=O) groups excluding carboxylic acids is 1. The molecular formula is C14H21NO3. The molecule has 4 nitrogen and oxygen atoms in total. The van der Waals surface area contributed by atoms with Crippen LogP contribution in [0.4, 0.5) is 5.69 Å². The number of nitrogen functional groups attached to an aromatic ring is 1. The van der Waals surface area contributed by atoms with E-state index in [9.17, 15) is 4.79 Å². The Morgan fingerprint density at radius 2 is 2.22 bits per heavy atom. The van der Waals surface area contributed by atoms with E-state index in [4.69, 9.17) is 15.2 Å². The van der Waals surface area contributed by atoms with E-state index < -0.39 is 0 Å². The molecule has 1 unspecified atom stereocenters. The van der Waals surface area contributed by atoms with Crippen LogP contribution >= 0.6 is 0 Å². The van der Waals surface area contributed by atoms with Gasteiger partial charge >= 0.3 is 5.97 Å². The van der Waals surface area contributed by atoms with Gasteiger partial charge in [0.25, 0.3) is 0 Å². The van der Waals surface area contributed by atoms with Gasteiger partial charge in [-0.25, -0.2) is 0 Å². The van der Waals surface area contributed by atoms with Crippen LogP contribution in [0.5, 0.6) is 0 Å². The van der Waals surface area contributed by atoms with Crippen molar-refractivity contribution in [3.63, 3.8) is 0 Å². The minimum Gasteiger partial charge on any atom is -0.463 e. The molecule has 1 aromatic rings. The van der Waals surface area contributed by atoms with Crippen LogP contribution in [-0.4, -0.2) is 25.8 Å². The van der Waals surface area contributed by atoms with Crippen LogP contribution in [0.1, 0.15) is 25.3 Å². The number of aryl methyl sites for hydroxylation is 1. The van der Waals surface area contributed by atoms with Crippen LogP contribution in [0.3, 0.4) is 0 Å². The van der Waals surface area contributed by atoms with Crippen molar-refractivity contribution in [3.8, 4) is 0 Å². The van der Waals surface area contributed by atoms with Crippen LogP contribution in [0.15, 0.2) is 24.3 Å². The normalized spacial score (nSPS) is 12.1. The summed E-state index contributed by atoms with van der Waals surface area (Å²) in [6.45, 7) is 2.47. The molecule has 0 saturated heterocycles. The Morgan fingerprint density at radius 3 is 2.89 bits per heavy atom. The summed E-state index contributed by atoms with van der Waals surface area (Å²) in [6, 6.07) is 7.55. The molecule has 0 fully saturated rings. The van der Waals surface area contributed by atoms with E-state index >= 15 is 0 Å². The predicted molar refractivity (Wildman–Crippen MR) is 71.2 cm³/mol. The van der Waals surface area contributed by atoms with Crippen molar-refractivity contribution < 1.29 is 14.3 Å². The molecule has 18 heavy (non-hydrogen) atoms. The molecule has 4 heteroatoms. The topological polar surface area (TPSA) is 61.5 Å². The van der Waals surface area contributed by atoms with Crippen molar-refractivity contribution in [3.05, 3.63) is 29.8 Å². The summed E-state index contributed by atoms with van der Waals surface area (Å²) in [6.07, 6.45) is 1.65. The Bertz CT molecular complexity index is 379. The quantitative estimate of drug-likeness (QED) is 0.596. The largest absolute Gasteiger partial charge is 0.463 e. The molecule has 0 saturated carbocycles. The summed E-state index contributed by atoms with van der Waals surface area (Å²) < 4.78 is 10.2. The molecule has 0 spiro atoms. The van der Waals surface area contributed by atoms with Crippen LogP contribution in [0.2, 0.25) is 0 Å². The van der Waals surface area contributed by atoms with Crippen LogP contribution in [0.25, 0.3) is 0 Å². The van der Waals surface area contributed by atoms with Crippen molar-refractivity contribution in [1.29, 1.82) is 0 Å². The Kier molecular flexibility index (Phi) is 6.22. The lowest BCUT2D eigenvalue weighted by molar-refractivity contribution is -0.148. The molecule has 1 atom stereocenters. The number of anilines is 1. The number of nitrogens with two attached hydrogens (primary N) is 1. The second-order valence-corrected chi connectivity index (χ2v) is 4.33. The number of carbonyl (C=O) groups is 1. The number of esters is 1. The number of hydrogen-bond donors (Lipinski definition) is 1. The average molecular weight is 251 g/mol. The molecule has 0 amide bonds. The molecule has 0 aliphatic rings. The molecule has 1 rings (SSSR count). The maximum absolute atomic E-state index is 11.6. The van der Waals surface area contributed by atoms with Crippen molar-refractivity contribution >= 4 is 11.7 Å². The smallest absolute Gasteiger partial charge is 0.306 e. The van der Waals surface area contributed by atoms with Crippen molar-refractivity contribution in [1.82, 2.24) is 0 Å². The first kappa shape index (κ1) is 14.5. The van der Waals surface area contributed by atoms with E-state index in [1.807, 2.05) is 31.2 Å². The number of hydrogen-bond acceptors (Lipinski definition) is 4. The minimum atomic E-state index is -0.180. The van der Waals surface area contributed by atoms with Gasteiger partial charge in [-0.15, -0.1) is 0 Å². The highest BCUT2D eigenvalue weighted by Gasteiger charge is 2.09. The highest BCUT2D eigenvalue weighted by Crippen LogP contribution is 2.10. The molecule has 0 aromatic heterocycles. The third-order valence-electron chi connectivity index (χ3n) is 2.63. The zero-order chi connectivity index (χ0) is 13.4. The average Bonchev–Trinajstić information content (AvgIpc) is 2.34. The van der Waals surface area contributed by atoms with Gasteiger partial charge in [0.2, 0.25) is 0 Å². The first-order chi connectivity index (χ1) is 8.61. The zero-order valence-electron chi connectivity index (χ0n) is 11.0. The lowest BCUT2D eigenvalue weighted by Crippen LogP contribution is -2.17. The van der Waals surface area contributed by atoms with Gasteiger partial charge in [-0.1, -0.05) is 12.1 Å².